The summed E-state index contributed by atoms with van der Waals surface area (Å²) < 4.78 is 1.86. The molecule has 5 heteroatoms. The van der Waals surface area contributed by atoms with Crippen molar-refractivity contribution in [3.63, 3.8) is 0 Å². The van der Waals surface area contributed by atoms with Crippen molar-refractivity contribution in [2.24, 2.45) is 0 Å². The Morgan fingerprint density at radius 1 is 1.10 bits per heavy atom. The molecule has 0 aliphatic rings. The molecule has 0 aliphatic carbocycles. The van der Waals surface area contributed by atoms with Crippen molar-refractivity contribution in [2.75, 3.05) is 12.4 Å². The Labute approximate surface area is 123 Å². The second kappa shape index (κ2) is 5.75. The van der Waals surface area contributed by atoms with Gasteiger partial charge in [-0.3, -0.25) is 4.68 Å². The van der Waals surface area contributed by atoms with E-state index in [4.69, 9.17) is 0 Å². The first-order chi connectivity index (χ1) is 10.2. The predicted molar refractivity (Wildman–Crippen MR) is 83.1 cm³/mol. The smallest absolute Gasteiger partial charge is 0.152 e. The van der Waals surface area contributed by atoms with Gasteiger partial charge in [0.05, 0.1) is 6.20 Å². The molecule has 0 radical (unpaired) electrons. The van der Waals surface area contributed by atoms with Crippen LogP contribution in [0.1, 0.15) is 11.5 Å². The molecule has 0 saturated carbocycles. The summed E-state index contributed by atoms with van der Waals surface area (Å²) >= 11 is 0. The number of benzene rings is 1. The highest BCUT2D eigenvalue weighted by atomic mass is 15.3. The fraction of sp³-hybridized carbons (Fsp3) is 0.188. The molecule has 5 nitrogen and oxygen atoms in total. The first kappa shape index (κ1) is 13.3. The minimum absolute atomic E-state index is 0.559. The SMILES string of the molecule is CNc1cc(C)nc(Cn2cc(-c3ccccc3)cn2)n1. The van der Waals surface area contributed by atoms with Crippen molar-refractivity contribution in [1.29, 1.82) is 0 Å². The van der Waals surface area contributed by atoms with E-state index in [1.807, 2.05) is 55.3 Å². The van der Waals surface area contributed by atoms with Crippen LogP contribution in [-0.2, 0) is 6.54 Å². The summed E-state index contributed by atoms with van der Waals surface area (Å²) in [6.07, 6.45) is 3.88. The van der Waals surface area contributed by atoms with Crippen LogP contribution in [-0.4, -0.2) is 26.8 Å². The van der Waals surface area contributed by atoms with Crippen LogP contribution >= 0.6 is 0 Å². The Balaban J connectivity index is 1.83. The van der Waals surface area contributed by atoms with Crippen LogP contribution in [0.15, 0.2) is 48.8 Å². The van der Waals surface area contributed by atoms with Crippen molar-refractivity contribution in [2.45, 2.75) is 13.5 Å². The molecule has 2 aromatic heterocycles. The van der Waals surface area contributed by atoms with E-state index >= 15 is 0 Å². The molecule has 0 atom stereocenters. The van der Waals surface area contributed by atoms with Crippen LogP contribution in [0.4, 0.5) is 5.82 Å². The number of aryl methyl sites for hydroxylation is 1. The number of hydrogen-bond acceptors (Lipinski definition) is 4. The van der Waals surface area contributed by atoms with Gasteiger partial charge in [-0.25, -0.2) is 9.97 Å². The Kier molecular flexibility index (Phi) is 3.64. The number of anilines is 1. The lowest BCUT2D eigenvalue weighted by Crippen LogP contribution is -2.07. The molecule has 3 aromatic rings. The van der Waals surface area contributed by atoms with Gasteiger partial charge in [0.2, 0.25) is 0 Å². The Morgan fingerprint density at radius 2 is 1.90 bits per heavy atom. The van der Waals surface area contributed by atoms with E-state index in [9.17, 15) is 0 Å². The molecular weight excluding hydrogens is 262 g/mol. The fourth-order valence-electron chi connectivity index (χ4n) is 2.20. The lowest BCUT2D eigenvalue weighted by molar-refractivity contribution is 0.653. The van der Waals surface area contributed by atoms with Gasteiger partial charge in [-0.2, -0.15) is 5.10 Å². The van der Waals surface area contributed by atoms with Crippen LogP contribution in [0.3, 0.4) is 0 Å². The molecule has 21 heavy (non-hydrogen) atoms. The number of aromatic nitrogens is 4. The minimum Gasteiger partial charge on any atom is -0.373 e. The quantitative estimate of drug-likeness (QED) is 0.798. The normalized spacial score (nSPS) is 10.6. The highest BCUT2D eigenvalue weighted by Crippen LogP contribution is 2.18. The summed E-state index contributed by atoms with van der Waals surface area (Å²) in [7, 11) is 1.85. The minimum atomic E-state index is 0.559. The van der Waals surface area contributed by atoms with Crippen LogP contribution in [0.5, 0.6) is 0 Å². The Morgan fingerprint density at radius 3 is 2.67 bits per heavy atom. The number of hydrogen-bond donors (Lipinski definition) is 1. The van der Waals surface area contributed by atoms with Gasteiger partial charge in [0, 0.05) is 30.6 Å². The average molecular weight is 279 g/mol. The maximum Gasteiger partial charge on any atom is 0.152 e. The third-order valence-corrected chi connectivity index (χ3v) is 3.20. The molecular formula is C16H17N5. The van der Waals surface area contributed by atoms with Crippen LogP contribution in [0.2, 0.25) is 0 Å². The molecule has 3 rings (SSSR count). The molecule has 0 bridgehead atoms. The first-order valence-electron chi connectivity index (χ1n) is 6.85. The first-order valence-corrected chi connectivity index (χ1v) is 6.85. The van der Waals surface area contributed by atoms with Crippen molar-refractivity contribution < 1.29 is 0 Å². The zero-order chi connectivity index (χ0) is 14.7. The van der Waals surface area contributed by atoms with E-state index in [1.54, 1.807) is 0 Å². The molecule has 1 aromatic carbocycles. The van der Waals surface area contributed by atoms with Gasteiger partial charge >= 0.3 is 0 Å². The zero-order valence-corrected chi connectivity index (χ0v) is 12.1. The van der Waals surface area contributed by atoms with Crippen molar-refractivity contribution >= 4 is 5.82 Å². The monoisotopic (exact) mass is 279 g/mol. The zero-order valence-electron chi connectivity index (χ0n) is 12.1. The van der Waals surface area contributed by atoms with Gasteiger partial charge in [0.1, 0.15) is 12.4 Å². The second-order valence-corrected chi connectivity index (χ2v) is 4.85. The van der Waals surface area contributed by atoms with E-state index in [1.165, 1.54) is 0 Å². The molecule has 0 saturated heterocycles. The van der Waals surface area contributed by atoms with E-state index in [-0.39, 0.29) is 0 Å². The van der Waals surface area contributed by atoms with Gasteiger partial charge in [-0.05, 0) is 12.5 Å². The third-order valence-electron chi connectivity index (χ3n) is 3.20. The number of nitrogens with zero attached hydrogens (tertiary/aromatic N) is 4. The molecule has 0 aliphatic heterocycles. The van der Waals surface area contributed by atoms with Gasteiger partial charge in [-0.15, -0.1) is 0 Å². The Bertz CT molecular complexity index is 733. The second-order valence-electron chi connectivity index (χ2n) is 4.85. The summed E-state index contributed by atoms with van der Waals surface area (Å²) in [5.74, 6) is 1.58. The van der Waals surface area contributed by atoms with E-state index in [0.29, 0.717) is 6.54 Å². The van der Waals surface area contributed by atoms with E-state index < -0.39 is 0 Å². The molecule has 0 amide bonds. The highest BCUT2D eigenvalue weighted by molar-refractivity contribution is 5.61. The summed E-state index contributed by atoms with van der Waals surface area (Å²) in [6.45, 7) is 2.52. The number of nitrogens with one attached hydrogen (secondary N) is 1. The van der Waals surface area contributed by atoms with Crippen LogP contribution in [0.25, 0.3) is 11.1 Å². The third kappa shape index (κ3) is 3.08. The van der Waals surface area contributed by atoms with Gasteiger partial charge in [0.15, 0.2) is 5.82 Å². The van der Waals surface area contributed by atoms with Crippen LogP contribution < -0.4 is 5.32 Å². The largest absolute Gasteiger partial charge is 0.373 e. The van der Waals surface area contributed by atoms with E-state index in [2.05, 4.69) is 32.5 Å². The summed E-state index contributed by atoms with van der Waals surface area (Å²) in [4.78, 5) is 8.89. The molecule has 0 spiro atoms. The number of rotatable bonds is 4. The van der Waals surface area contributed by atoms with E-state index in [0.717, 1.165) is 28.5 Å². The van der Waals surface area contributed by atoms with Crippen molar-refractivity contribution in [3.8, 4) is 11.1 Å². The molecule has 0 unspecified atom stereocenters. The lowest BCUT2D eigenvalue weighted by atomic mass is 10.1. The summed E-state index contributed by atoms with van der Waals surface area (Å²) in [5.41, 5.74) is 3.20. The average Bonchev–Trinajstić information content (AvgIpc) is 2.96. The molecule has 0 fully saturated rings. The summed E-state index contributed by atoms with van der Waals surface area (Å²) in [6, 6.07) is 12.1. The van der Waals surface area contributed by atoms with Gasteiger partial charge in [0.25, 0.3) is 0 Å². The fourth-order valence-corrected chi connectivity index (χ4v) is 2.20. The van der Waals surface area contributed by atoms with Crippen LogP contribution in [0, 0.1) is 6.92 Å². The lowest BCUT2D eigenvalue weighted by Gasteiger charge is -2.05. The van der Waals surface area contributed by atoms with Gasteiger partial charge < -0.3 is 5.32 Å². The summed E-state index contributed by atoms with van der Waals surface area (Å²) in [5, 5.41) is 7.43. The molecule has 2 heterocycles. The standard InChI is InChI=1S/C16H17N5/c1-12-8-15(17-2)20-16(19-12)11-21-10-14(9-18-21)13-6-4-3-5-7-13/h3-10H,11H2,1-2H3,(H,17,19,20). The van der Waals surface area contributed by atoms with Crippen molar-refractivity contribution in [1.82, 2.24) is 19.7 Å². The van der Waals surface area contributed by atoms with Crippen molar-refractivity contribution in [3.05, 3.63) is 60.3 Å². The Hall–Kier alpha value is -2.69. The van der Waals surface area contributed by atoms with Gasteiger partial charge in [-0.1, -0.05) is 30.3 Å². The topological polar surface area (TPSA) is 55.6 Å². The highest BCUT2D eigenvalue weighted by Gasteiger charge is 2.05. The maximum atomic E-state index is 4.45. The maximum absolute atomic E-state index is 4.45. The molecule has 106 valence electrons. The molecule has 1 N–H and O–H groups in total. The predicted octanol–water partition coefficient (Wildman–Crippen LogP) is 2.74.